The number of hydrogen-bond donors (Lipinski definition) is 2. The molecule has 2 rings (SSSR count). The lowest BCUT2D eigenvalue weighted by molar-refractivity contribution is -0.129. The van der Waals surface area contributed by atoms with Crippen LogP contribution in [-0.4, -0.2) is 60.4 Å². The van der Waals surface area contributed by atoms with Gasteiger partial charge in [-0.1, -0.05) is 0 Å². The average molecular weight is 242 g/mol. The summed E-state index contributed by atoms with van der Waals surface area (Å²) in [6.07, 6.45) is 0. The molecule has 7 heteroatoms. The largest absolute Gasteiger partial charge is 0.339 e. The van der Waals surface area contributed by atoms with Gasteiger partial charge in [-0.3, -0.25) is 15.1 Å². The van der Waals surface area contributed by atoms with E-state index < -0.39 is 0 Å². The predicted octanol–water partition coefficient (Wildman–Crippen LogP) is -0.727. The van der Waals surface area contributed by atoms with Crippen LogP contribution >= 0.6 is 11.8 Å². The molecule has 0 atom stereocenters. The molecule has 0 bridgehead atoms. The quantitative estimate of drug-likeness (QED) is 0.670. The highest BCUT2D eigenvalue weighted by molar-refractivity contribution is 7.99. The van der Waals surface area contributed by atoms with E-state index in [1.165, 1.54) is 0 Å². The number of urea groups is 1. The van der Waals surface area contributed by atoms with E-state index in [1.54, 1.807) is 0 Å². The Balaban J connectivity index is 1.80. The maximum absolute atomic E-state index is 11.7. The van der Waals surface area contributed by atoms with Crippen molar-refractivity contribution in [2.45, 2.75) is 0 Å². The minimum atomic E-state index is -0.249. The van der Waals surface area contributed by atoms with E-state index in [0.717, 1.165) is 24.6 Å². The standard InChI is InChI=1S/C9H14N4O2S/c14-8(13-1-3-16-4-2-13)6-10-7-5-11-9(15)12-7/h1-6H2,(H2,10,11,12,15). The summed E-state index contributed by atoms with van der Waals surface area (Å²) >= 11 is 1.86. The van der Waals surface area contributed by atoms with Crippen LogP contribution in [0.1, 0.15) is 0 Å². The highest BCUT2D eigenvalue weighted by Crippen LogP contribution is 2.09. The predicted molar refractivity (Wildman–Crippen MR) is 62.7 cm³/mol. The van der Waals surface area contributed by atoms with E-state index in [-0.39, 0.29) is 18.5 Å². The van der Waals surface area contributed by atoms with Crippen LogP contribution in [0.3, 0.4) is 0 Å². The van der Waals surface area contributed by atoms with Gasteiger partial charge in [0.1, 0.15) is 12.4 Å². The van der Waals surface area contributed by atoms with E-state index in [2.05, 4.69) is 15.6 Å². The molecule has 0 aromatic rings. The van der Waals surface area contributed by atoms with Gasteiger partial charge in [0.05, 0.1) is 6.54 Å². The molecule has 0 aromatic heterocycles. The van der Waals surface area contributed by atoms with Crippen molar-refractivity contribution in [3.05, 3.63) is 0 Å². The monoisotopic (exact) mass is 242 g/mol. The van der Waals surface area contributed by atoms with Crippen LogP contribution in [0.5, 0.6) is 0 Å². The number of carbonyl (C=O) groups excluding carboxylic acids is 2. The topological polar surface area (TPSA) is 73.8 Å². The van der Waals surface area contributed by atoms with Gasteiger partial charge in [-0.2, -0.15) is 11.8 Å². The number of nitrogens with zero attached hydrogens (tertiary/aromatic N) is 2. The first-order valence-electron chi connectivity index (χ1n) is 5.19. The second-order valence-corrected chi connectivity index (χ2v) is 4.79. The normalized spacial score (nSPS) is 23.1. The third kappa shape index (κ3) is 2.88. The van der Waals surface area contributed by atoms with Gasteiger partial charge in [-0.25, -0.2) is 4.79 Å². The minimum absolute atomic E-state index is 0.0361. The third-order valence-corrected chi connectivity index (χ3v) is 3.39. The van der Waals surface area contributed by atoms with Crippen molar-refractivity contribution in [1.82, 2.24) is 15.5 Å². The lowest BCUT2D eigenvalue weighted by Gasteiger charge is -2.25. The first-order chi connectivity index (χ1) is 7.75. The SMILES string of the molecule is O=C1NCC(=NCC(=O)N2CCSCC2)N1. The van der Waals surface area contributed by atoms with Crippen molar-refractivity contribution in [2.24, 2.45) is 4.99 Å². The number of hydrogen-bond acceptors (Lipinski definition) is 4. The van der Waals surface area contributed by atoms with Gasteiger partial charge in [0, 0.05) is 24.6 Å². The summed E-state index contributed by atoms with van der Waals surface area (Å²) in [5, 5.41) is 5.10. The number of nitrogens with one attached hydrogen (secondary N) is 2. The Hall–Kier alpha value is -1.24. The summed E-state index contributed by atoms with van der Waals surface area (Å²) in [6, 6.07) is -0.249. The molecule has 2 saturated heterocycles. The number of amidine groups is 1. The molecule has 0 aromatic carbocycles. The summed E-state index contributed by atoms with van der Waals surface area (Å²) in [6.45, 7) is 2.13. The molecule has 0 unspecified atom stereocenters. The molecule has 0 radical (unpaired) electrons. The van der Waals surface area contributed by atoms with E-state index in [1.807, 2.05) is 16.7 Å². The van der Waals surface area contributed by atoms with Crippen molar-refractivity contribution < 1.29 is 9.59 Å². The fraction of sp³-hybridized carbons (Fsp3) is 0.667. The molecule has 16 heavy (non-hydrogen) atoms. The summed E-state index contributed by atoms with van der Waals surface area (Å²) in [4.78, 5) is 28.4. The minimum Gasteiger partial charge on any atom is -0.339 e. The van der Waals surface area contributed by atoms with Crippen molar-refractivity contribution in [2.75, 3.05) is 37.7 Å². The Morgan fingerprint density at radius 2 is 2.19 bits per heavy atom. The lowest BCUT2D eigenvalue weighted by atomic mass is 10.4. The molecule has 3 amide bonds. The van der Waals surface area contributed by atoms with E-state index in [0.29, 0.717) is 12.4 Å². The van der Waals surface area contributed by atoms with Crippen LogP contribution in [0.15, 0.2) is 4.99 Å². The highest BCUT2D eigenvalue weighted by atomic mass is 32.2. The Bertz CT molecular complexity index is 325. The highest BCUT2D eigenvalue weighted by Gasteiger charge is 2.18. The number of carbonyl (C=O) groups is 2. The molecular weight excluding hydrogens is 228 g/mol. The smallest absolute Gasteiger partial charge is 0.320 e. The van der Waals surface area contributed by atoms with Crippen LogP contribution in [0.2, 0.25) is 0 Å². The Kier molecular flexibility index (Phi) is 3.66. The lowest BCUT2D eigenvalue weighted by Crippen LogP contribution is -2.39. The van der Waals surface area contributed by atoms with Crippen molar-refractivity contribution in [3.63, 3.8) is 0 Å². The van der Waals surface area contributed by atoms with Gasteiger partial charge in [0.2, 0.25) is 5.91 Å². The maximum atomic E-state index is 11.7. The molecular formula is C9H14N4O2S. The van der Waals surface area contributed by atoms with E-state index in [4.69, 9.17) is 0 Å². The van der Waals surface area contributed by atoms with Gasteiger partial charge in [-0.15, -0.1) is 0 Å². The van der Waals surface area contributed by atoms with E-state index >= 15 is 0 Å². The molecule has 2 N–H and O–H groups in total. The number of rotatable bonds is 2. The van der Waals surface area contributed by atoms with Gasteiger partial charge in [-0.05, 0) is 0 Å². The molecule has 2 aliphatic rings. The van der Waals surface area contributed by atoms with Gasteiger partial charge >= 0.3 is 6.03 Å². The van der Waals surface area contributed by atoms with Crippen LogP contribution in [0.4, 0.5) is 4.79 Å². The fourth-order valence-electron chi connectivity index (χ4n) is 1.55. The molecule has 2 fully saturated rings. The van der Waals surface area contributed by atoms with Crippen molar-refractivity contribution in [3.8, 4) is 0 Å². The van der Waals surface area contributed by atoms with Crippen LogP contribution in [0, 0.1) is 0 Å². The van der Waals surface area contributed by atoms with Crippen molar-refractivity contribution >= 4 is 29.5 Å². The molecule has 6 nitrogen and oxygen atoms in total. The Morgan fingerprint density at radius 3 is 2.81 bits per heavy atom. The Morgan fingerprint density at radius 1 is 1.44 bits per heavy atom. The summed E-state index contributed by atoms with van der Waals surface area (Å²) in [5.74, 6) is 2.58. The molecule has 2 heterocycles. The zero-order chi connectivity index (χ0) is 11.4. The fourth-order valence-corrected chi connectivity index (χ4v) is 2.46. The number of aliphatic imine (C=N–C) groups is 1. The zero-order valence-corrected chi connectivity index (χ0v) is 9.68. The van der Waals surface area contributed by atoms with Gasteiger partial charge in [0.15, 0.2) is 0 Å². The molecule has 88 valence electrons. The molecule has 2 aliphatic heterocycles. The molecule has 0 aliphatic carbocycles. The third-order valence-electron chi connectivity index (χ3n) is 2.44. The number of thioether (sulfide) groups is 1. The summed E-state index contributed by atoms with van der Waals surface area (Å²) < 4.78 is 0. The van der Waals surface area contributed by atoms with Crippen LogP contribution in [-0.2, 0) is 4.79 Å². The van der Waals surface area contributed by atoms with E-state index in [9.17, 15) is 9.59 Å². The summed E-state index contributed by atoms with van der Waals surface area (Å²) in [5.41, 5.74) is 0. The van der Waals surface area contributed by atoms with Crippen LogP contribution < -0.4 is 10.6 Å². The second-order valence-electron chi connectivity index (χ2n) is 3.56. The zero-order valence-electron chi connectivity index (χ0n) is 8.86. The maximum Gasteiger partial charge on any atom is 0.320 e. The van der Waals surface area contributed by atoms with Crippen molar-refractivity contribution in [1.29, 1.82) is 0 Å². The first-order valence-corrected chi connectivity index (χ1v) is 6.35. The number of amides is 3. The van der Waals surface area contributed by atoms with Gasteiger partial charge < -0.3 is 10.2 Å². The molecule has 0 saturated carbocycles. The Labute approximate surface area is 97.8 Å². The first kappa shape index (κ1) is 11.3. The van der Waals surface area contributed by atoms with Crippen LogP contribution in [0.25, 0.3) is 0 Å². The van der Waals surface area contributed by atoms with Gasteiger partial charge in [0.25, 0.3) is 0 Å². The average Bonchev–Trinajstić information content (AvgIpc) is 2.73. The second kappa shape index (κ2) is 5.20. The molecule has 0 spiro atoms. The summed E-state index contributed by atoms with van der Waals surface area (Å²) in [7, 11) is 0.